The number of methoxy groups -OCH3 is 1. The van der Waals surface area contributed by atoms with Crippen LogP contribution in [0.1, 0.15) is 18.4 Å². The Kier molecular flexibility index (Phi) is 5.51. The van der Waals surface area contributed by atoms with Crippen LogP contribution >= 0.6 is 0 Å². The van der Waals surface area contributed by atoms with Gasteiger partial charge in [-0.25, -0.2) is 8.78 Å². The first-order valence-corrected chi connectivity index (χ1v) is 5.49. The van der Waals surface area contributed by atoms with Crippen LogP contribution in [0.25, 0.3) is 0 Å². The van der Waals surface area contributed by atoms with E-state index in [9.17, 15) is 13.6 Å². The fourth-order valence-corrected chi connectivity index (χ4v) is 1.41. The minimum atomic E-state index is -0.985. The third-order valence-corrected chi connectivity index (χ3v) is 2.37. The van der Waals surface area contributed by atoms with Crippen molar-refractivity contribution in [1.29, 1.82) is 0 Å². The van der Waals surface area contributed by atoms with Crippen LogP contribution in [0.15, 0.2) is 12.1 Å². The zero-order valence-electron chi connectivity index (χ0n) is 10.0. The molecule has 1 aromatic rings. The van der Waals surface area contributed by atoms with E-state index in [4.69, 9.17) is 5.11 Å². The summed E-state index contributed by atoms with van der Waals surface area (Å²) >= 11 is 0. The van der Waals surface area contributed by atoms with Gasteiger partial charge in [0.15, 0.2) is 17.4 Å². The van der Waals surface area contributed by atoms with Gasteiger partial charge in [-0.15, -0.1) is 0 Å². The maximum absolute atomic E-state index is 13.0. The van der Waals surface area contributed by atoms with Crippen LogP contribution in [-0.2, 0) is 16.1 Å². The number of halogens is 2. The number of carbonyl (C=O) groups is 1. The van der Waals surface area contributed by atoms with Gasteiger partial charge in [0.25, 0.3) is 0 Å². The molecule has 0 aromatic heterocycles. The van der Waals surface area contributed by atoms with Crippen LogP contribution in [0.4, 0.5) is 8.78 Å². The van der Waals surface area contributed by atoms with Crippen molar-refractivity contribution in [2.75, 3.05) is 13.7 Å². The SMILES string of the molecule is COC(=O)CCCNCc1cc(F)c(O)c(F)c1. The van der Waals surface area contributed by atoms with Gasteiger partial charge in [0.05, 0.1) is 7.11 Å². The van der Waals surface area contributed by atoms with Gasteiger partial charge in [0.1, 0.15) is 0 Å². The minimum Gasteiger partial charge on any atom is -0.503 e. The highest BCUT2D eigenvalue weighted by Gasteiger charge is 2.09. The number of hydrogen-bond donors (Lipinski definition) is 2. The monoisotopic (exact) mass is 259 g/mol. The van der Waals surface area contributed by atoms with Crippen LogP contribution in [-0.4, -0.2) is 24.7 Å². The molecule has 0 saturated heterocycles. The second kappa shape index (κ2) is 6.90. The third-order valence-electron chi connectivity index (χ3n) is 2.37. The second-order valence-corrected chi connectivity index (χ2v) is 3.76. The van der Waals surface area contributed by atoms with Gasteiger partial charge in [-0.05, 0) is 30.7 Å². The van der Waals surface area contributed by atoms with E-state index < -0.39 is 17.4 Å². The lowest BCUT2D eigenvalue weighted by Gasteiger charge is -2.06. The van der Waals surface area contributed by atoms with E-state index in [0.29, 0.717) is 24.9 Å². The van der Waals surface area contributed by atoms with E-state index in [2.05, 4.69) is 10.1 Å². The van der Waals surface area contributed by atoms with Gasteiger partial charge in [0.2, 0.25) is 0 Å². The molecule has 0 atom stereocenters. The van der Waals surface area contributed by atoms with E-state index in [1.807, 2.05) is 0 Å². The van der Waals surface area contributed by atoms with Crippen molar-refractivity contribution in [2.24, 2.45) is 0 Å². The van der Waals surface area contributed by atoms with Crippen molar-refractivity contribution in [3.8, 4) is 5.75 Å². The molecule has 0 unspecified atom stereocenters. The molecule has 0 aliphatic carbocycles. The predicted octanol–water partition coefficient (Wildman–Crippen LogP) is 1.71. The highest BCUT2D eigenvalue weighted by Crippen LogP contribution is 2.21. The summed E-state index contributed by atoms with van der Waals surface area (Å²) in [5.74, 6) is -3.23. The van der Waals surface area contributed by atoms with Crippen LogP contribution in [0.3, 0.4) is 0 Å². The summed E-state index contributed by atoms with van der Waals surface area (Å²) < 4.78 is 30.4. The van der Waals surface area contributed by atoms with Gasteiger partial charge >= 0.3 is 5.97 Å². The smallest absolute Gasteiger partial charge is 0.305 e. The Labute approximate surface area is 104 Å². The summed E-state index contributed by atoms with van der Waals surface area (Å²) in [5, 5.41) is 11.8. The fraction of sp³-hybridized carbons (Fsp3) is 0.417. The largest absolute Gasteiger partial charge is 0.503 e. The summed E-state index contributed by atoms with van der Waals surface area (Å²) in [6.07, 6.45) is 0.873. The number of benzene rings is 1. The summed E-state index contributed by atoms with van der Waals surface area (Å²) in [6, 6.07) is 2.12. The number of phenols is 1. The molecule has 0 heterocycles. The topological polar surface area (TPSA) is 58.6 Å². The number of nitrogens with one attached hydrogen (secondary N) is 1. The molecule has 0 amide bonds. The number of carbonyl (C=O) groups excluding carboxylic acids is 1. The van der Waals surface area contributed by atoms with Crippen LogP contribution < -0.4 is 5.32 Å². The predicted molar refractivity (Wildman–Crippen MR) is 61.0 cm³/mol. The van der Waals surface area contributed by atoms with Crippen molar-refractivity contribution in [2.45, 2.75) is 19.4 Å². The Morgan fingerprint density at radius 3 is 2.56 bits per heavy atom. The standard InChI is InChI=1S/C12H15F2NO3/c1-18-11(16)3-2-4-15-7-8-5-9(13)12(17)10(14)6-8/h5-6,15,17H,2-4,7H2,1H3. The highest BCUT2D eigenvalue weighted by molar-refractivity contribution is 5.69. The molecule has 2 N–H and O–H groups in total. The molecule has 0 spiro atoms. The van der Waals surface area contributed by atoms with Crippen molar-refractivity contribution in [3.05, 3.63) is 29.3 Å². The summed E-state index contributed by atoms with van der Waals surface area (Å²) in [6.45, 7) is 0.786. The summed E-state index contributed by atoms with van der Waals surface area (Å²) in [4.78, 5) is 10.8. The molecule has 0 saturated carbocycles. The van der Waals surface area contributed by atoms with Crippen LogP contribution in [0.2, 0.25) is 0 Å². The molecule has 18 heavy (non-hydrogen) atoms. The lowest BCUT2D eigenvalue weighted by Crippen LogP contribution is -2.16. The zero-order valence-corrected chi connectivity index (χ0v) is 10.0. The molecule has 6 heteroatoms. The molecule has 0 fully saturated rings. The highest BCUT2D eigenvalue weighted by atomic mass is 19.1. The lowest BCUT2D eigenvalue weighted by atomic mass is 10.2. The number of esters is 1. The maximum Gasteiger partial charge on any atom is 0.305 e. The average molecular weight is 259 g/mol. The average Bonchev–Trinajstić information content (AvgIpc) is 2.35. The summed E-state index contributed by atoms with van der Waals surface area (Å²) in [7, 11) is 1.32. The molecule has 0 aliphatic heterocycles. The Bertz CT molecular complexity index is 401. The zero-order chi connectivity index (χ0) is 13.5. The van der Waals surface area contributed by atoms with Crippen molar-refractivity contribution < 1.29 is 23.4 Å². The van der Waals surface area contributed by atoms with Crippen LogP contribution in [0.5, 0.6) is 5.75 Å². The fourth-order valence-electron chi connectivity index (χ4n) is 1.41. The van der Waals surface area contributed by atoms with Crippen LogP contribution in [0, 0.1) is 11.6 Å². The maximum atomic E-state index is 13.0. The van der Waals surface area contributed by atoms with Gasteiger partial charge in [-0.3, -0.25) is 4.79 Å². The Morgan fingerprint density at radius 2 is 2.00 bits per heavy atom. The Hall–Kier alpha value is -1.69. The first kappa shape index (κ1) is 14.4. The molecule has 0 aliphatic rings. The van der Waals surface area contributed by atoms with Gasteiger partial charge in [-0.1, -0.05) is 0 Å². The second-order valence-electron chi connectivity index (χ2n) is 3.76. The summed E-state index contributed by atoms with van der Waals surface area (Å²) in [5.41, 5.74) is 0.390. The van der Waals surface area contributed by atoms with E-state index in [1.165, 1.54) is 7.11 Å². The molecule has 1 aromatic carbocycles. The molecular weight excluding hydrogens is 244 g/mol. The quantitative estimate of drug-likeness (QED) is 0.603. The molecule has 100 valence electrons. The molecule has 1 rings (SSSR count). The Morgan fingerprint density at radius 1 is 1.39 bits per heavy atom. The van der Waals surface area contributed by atoms with E-state index in [1.54, 1.807) is 0 Å². The number of phenolic OH excluding ortho intramolecular Hbond substituents is 1. The third kappa shape index (κ3) is 4.29. The molecule has 0 radical (unpaired) electrons. The van der Waals surface area contributed by atoms with Crippen molar-refractivity contribution in [3.63, 3.8) is 0 Å². The van der Waals surface area contributed by atoms with Gasteiger partial charge < -0.3 is 15.2 Å². The van der Waals surface area contributed by atoms with E-state index in [0.717, 1.165) is 12.1 Å². The van der Waals surface area contributed by atoms with E-state index in [-0.39, 0.29) is 12.5 Å². The Balaban J connectivity index is 2.34. The first-order valence-electron chi connectivity index (χ1n) is 5.49. The number of hydrogen-bond acceptors (Lipinski definition) is 4. The lowest BCUT2D eigenvalue weighted by molar-refractivity contribution is -0.140. The van der Waals surface area contributed by atoms with Crippen molar-refractivity contribution >= 4 is 5.97 Å². The normalized spacial score (nSPS) is 10.4. The van der Waals surface area contributed by atoms with Gasteiger partial charge in [0, 0.05) is 13.0 Å². The number of rotatable bonds is 6. The molecule has 0 bridgehead atoms. The van der Waals surface area contributed by atoms with Gasteiger partial charge in [-0.2, -0.15) is 0 Å². The number of aromatic hydroxyl groups is 1. The first-order chi connectivity index (χ1) is 8.54. The molecular formula is C12H15F2NO3. The van der Waals surface area contributed by atoms with E-state index >= 15 is 0 Å². The molecule has 4 nitrogen and oxygen atoms in total. The minimum absolute atomic E-state index is 0.259. The number of ether oxygens (including phenoxy) is 1. The van der Waals surface area contributed by atoms with Crippen molar-refractivity contribution in [1.82, 2.24) is 5.32 Å².